The fraction of sp³-hybridized carbons (Fsp3) is 0.556. The van der Waals surface area contributed by atoms with Crippen LogP contribution in [-0.2, 0) is 14.3 Å². The van der Waals surface area contributed by atoms with Crippen molar-refractivity contribution in [3.05, 3.63) is 12.2 Å². The first-order valence-electron chi connectivity index (χ1n) is 4.08. The molecule has 0 unspecified atom stereocenters. The van der Waals surface area contributed by atoms with Gasteiger partial charge in [-0.1, -0.05) is 6.92 Å². The predicted octanol–water partition coefficient (Wildman–Crippen LogP) is 1.47. The Morgan fingerprint density at radius 3 is 2.42 bits per heavy atom. The third-order valence-electron chi connectivity index (χ3n) is 1.19. The molecule has 0 aliphatic heterocycles. The van der Waals surface area contributed by atoms with Crippen LogP contribution in [0.1, 0.15) is 26.7 Å². The molecule has 0 saturated heterocycles. The predicted molar refractivity (Wildman–Crippen MR) is 45.7 cm³/mol. The lowest BCUT2D eigenvalue weighted by molar-refractivity contribution is -0.137. The standard InChI is InChI=1S/C9H14O3/c1-3-5-8(10)6-7-9(11)12-4-2/h6-7H,3-5H2,1-2H3/b7-6-. The number of allylic oxidation sites excluding steroid dienone is 1. The molecule has 0 bridgehead atoms. The normalized spacial score (nSPS) is 10.2. The Morgan fingerprint density at radius 1 is 1.25 bits per heavy atom. The Morgan fingerprint density at radius 2 is 1.92 bits per heavy atom. The maximum atomic E-state index is 10.9. The maximum absolute atomic E-state index is 10.9. The molecule has 0 aliphatic carbocycles. The van der Waals surface area contributed by atoms with Crippen LogP contribution in [-0.4, -0.2) is 18.4 Å². The molecule has 68 valence electrons. The molecule has 0 aliphatic rings. The van der Waals surface area contributed by atoms with Crippen molar-refractivity contribution in [2.75, 3.05) is 6.61 Å². The molecule has 0 spiro atoms. The molecular weight excluding hydrogens is 156 g/mol. The van der Waals surface area contributed by atoms with Crippen molar-refractivity contribution < 1.29 is 14.3 Å². The van der Waals surface area contributed by atoms with Crippen LogP contribution in [0.5, 0.6) is 0 Å². The van der Waals surface area contributed by atoms with Crippen LogP contribution in [0.2, 0.25) is 0 Å². The number of ketones is 1. The van der Waals surface area contributed by atoms with Crippen molar-refractivity contribution in [3.8, 4) is 0 Å². The summed E-state index contributed by atoms with van der Waals surface area (Å²) in [5, 5.41) is 0. The van der Waals surface area contributed by atoms with Crippen molar-refractivity contribution >= 4 is 11.8 Å². The highest BCUT2D eigenvalue weighted by Crippen LogP contribution is 1.91. The molecule has 0 fully saturated rings. The first-order valence-corrected chi connectivity index (χ1v) is 4.08. The Hall–Kier alpha value is -1.12. The van der Waals surface area contributed by atoms with E-state index in [1.165, 1.54) is 12.2 Å². The highest BCUT2D eigenvalue weighted by Gasteiger charge is 1.96. The van der Waals surface area contributed by atoms with Gasteiger partial charge in [-0.25, -0.2) is 4.79 Å². The van der Waals surface area contributed by atoms with Gasteiger partial charge in [-0.2, -0.15) is 0 Å². The Bertz CT molecular complexity index is 162. The van der Waals surface area contributed by atoms with Crippen LogP contribution in [0.15, 0.2) is 12.2 Å². The topological polar surface area (TPSA) is 43.4 Å². The van der Waals surface area contributed by atoms with Crippen LogP contribution in [0.3, 0.4) is 0 Å². The van der Waals surface area contributed by atoms with Gasteiger partial charge in [0.2, 0.25) is 0 Å². The molecule has 0 atom stereocenters. The van der Waals surface area contributed by atoms with Gasteiger partial charge in [-0.05, 0) is 19.4 Å². The summed E-state index contributed by atoms with van der Waals surface area (Å²) in [7, 11) is 0. The van der Waals surface area contributed by atoms with Crippen molar-refractivity contribution in [1.29, 1.82) is 0 Å². The van der Waals surface area contributed by atoms with Crippen LogP contribution in [0, 0.1) is 0 Å². The smallest absolute Gasteiger partial charge is 0.330 e. The van der Waals surface area contributed by atoms with E-state index >= 15 is 0 Å². The number of carbonyl (C=O) groups excluding carboxylic acids is 2. The lowest BCUT2D eigenvalue weighted by Gasteiger charge is -1.93. The van der Waals surface area contributed by atoms with E-state index in [0.29, 0.717) is 13.0 Å². The number of ether oxygens (including phenoxy) is 1. The minimum atomic E-state index is -0.457. The molecule has 0 rings (SSSR count). The number of carbonyl (C=O) groups is 2. The van der Waals surface area contributed by atoms with Gasteiger partial charge in [0.25, 0.3) is 0 Å². The van der Waals surface area contributed by atoms with Gasteiger partial charge in [0.05, 0.1) is 6.61 Å². The fourth-order valence-corrected chi connectivity index (χ4v) is 0.681. The zero-order valence-electron chi connectivity index (χ0n) is 7.50. The summed E-state index contributed by atoms with van der Waals surface area (Å²) in [6, 6.07) is 0. The first-order chi connectivity index (χ1) is 5.70. The maximum Gasteiger partial charge on any atom is 0.330 e. The highest BCUT2D eigenvalue weighted by molar-refractivity contribution is 5.95. The van der Waals surface area contributed by atoms with Gasteiger partial charge < -0.3 is 4.74 Å². The van der Waals surface area contributed by atoms with E-state index in [2.05, 4.69) is 4.74 Å². The number of hydrogen-bond acceptors (Lipinski definition) is 3. The quantitative estimate of drug-likeness (QED) is 0.463. The Kier molecular flexibility index (Phi) is 5.97. The van der Waals surface area contributed by atoms with Crippen LogP contribution < -0.4 is 0 Å². The van der Waals surface area contributed by atoms with E-state index in [1.54, 1.807) is 6.92 Å². The molecule has 3 heteroatoms. The zero-order chi connectivity index (χ0) is 9.40. The molecule has 0 N–H and O–H groups in total. The van der Waals surface area contributed by atoms with E-state index in [0.717, 1.165) is 6.42 Å². The fourth-order valence-electron chi connectivity index (χ4n) is 0.681. The van der Waals surface area contributed by atoms with E-state index in [-0.39, 0.29) is 5.78 Å². The molecule has 0 amide bonds. The minimum absolute atomic E-state index is 0.0365. The second kappa shape index (κ2) is 6.58. The van der Waals surface area contributed by atoms with Crippen molar-refractivity contribution in [2.45, 2.75) is 26.7 Å². The molecule has 3 nitrogen and oxygen atoms in total. The average molecular weight is 170 g/mol. The van der Waals surface area contributed by atoms with Gasteiger partial charge in [0.15, 0.2) is 5.78 Å². The van der Waals surface area contributed by atoms with Gasteiger partial charge >= 0.3 is 5.97 Å². The van der Waals surface area contributed by atoms with Gasteiger partial charge in [-0.15, -0.1) is 0 Å². The van der Waals surface area contributed by atoms with Gasteiger partial charge in [0, 0.05) is 12.5 Å². The largest absolute Gasteiger partial charge is 0.463 e. The summed E-state index contributed by atoms with van der Waals surface area (Å²) in [4.78, 5) is 21.5. The number of esters is 1. The van der Waals surface area contributed by atoms with E-state index in [4.69, 9.17) is 0 Å². The molecule has 12 heavy (non-hydrogen) atoms. The summed E-state index contributed by atoms with van der Waals surface area (Å²) in [6.07, 6.45) is 3.71. The molecule has 0 radical (unpaired) electrons. The van der Waals surface area contributed by atoms with Crippen LogP contribution in [0.25, 0.3) is 0 Å². The average Bonchev–Trinajstić information content (AvgIpc) is 2.02. The van der Waals surface area contributed by atoms with Crippen molar-refractivity contribution in [2.24, 2.45) is 0 Å². The van der Waals surface area contributed by atoms with E-state index in [9.17, 15) is 9.59 Å². The third kappa shape index (κ3) is 5.65. The Labute approximate surface area is 72.4 Å². The second-order valence-corrected chi connectivity index (χ2v) is 2.30. The van der Waals surface area contributed by atoms with Gasteiger partial charge in [-0.3, -0.25) is 4.79 Å². The molecule has 0 heterocycles. The molecule has 0 saturated carbocycles. The monoisotopic (exact) mass is 170 g/mol. The van der Waals surface area contributed by atoms with Crippen LogP contribution in [0.4, 0.5) is 0 Å². The molecule has 0 aromatic carbocycles. The summed E-state index contributed by atoms with van der Waals surface area (Å²) in [5.74, 6) is -0.493. The number of rotatable bonds is 5. The van der Waals surface area contributed by atoms with Crippen molar-refractivity contribution in [3.63, 3.8) is 0 Å². The zero-order valence-corrected chi connectivity index (χ0v) is 7.50. The summed E-state index contributed by atoms with van der Waals surface area (Å²) in [5.41, 5.74) is 0. The highest BCUT2D eigenvalue weighted by atomic mass is 16.5. The molecular formula is C9H14O3. The second-order valence-electron chi connectivity index (χ2n) is 2.30. The molecule has 0 aromatic rings. The summed E-state index contributed by atoms with van der Waals surface area (Å²) in [6.45, 7) is 3.97. The first kappa shape index (κ1) is 10.9. The van der Waals surface area contributed by atoms with Crippen LogP contribution >= 0.6 is 0 Å². The van der Waals surface area contributed by atoms with Gasteiger partial charge in [0.1, 0.15) is 0 Å². The molecule has 0 aromatic heterocycles. The SMILES string of the molecule is CCCC(=O)/C=C\C(=O)OCC. The lowest BCUT2D eigenvalue weighted by atomic mass is 10.2. The lowest BCUT2D eigenvalue weighted by Crippen LogP contribution is -2.00. The van der Waals surface area contributed by atoms with Crippen molar-refractivity contribution in [1.82, 2.24) is 0 Å². The third-order valence-corrected chi connectivity index (χ3v) is 1.19. The van der Waals surface area contributed by atoms with E-state index < -0.39 is 5.97 Å². The summed E-state index contributed by atoms with van der Waals surface area (Å²) >= 11 is 0. The summed E-state index contributed by atoms with van der Waals surface area (Å²) < 4.78 is 4.59. The minimum Gasteiger partial charge on any atom is -0.463 e. The Balaban J connectivity index is 3.73. The number of hydrogen-bond donors (Lipinski definition) is 0. The van der Waals surface area contributed by atoms with E-state index in [1.807, 2.05) is 6.92 Å².